The highest BCUT2D eigenvalue weighted by molar-refractivity contribution is 5.85. The molecule has 4 heteroatoms. The van der Waals surface area contributed by atoms with Crippen LogP contribution in [0.4, 0.5) is 0 Å². The number of para-hydroxylation sites is 1. The highest BCUT2D eigenvalue weighted by Crippen LogP contribution is 2.45. The number of hydrogen-bond donors (Lipinski definition) is 1. The lowest BCUT2D eigenvalue weighted by atomic mass is 9.85. The van der Waals surface area contributed by atoms with Gasteiger partial charge in [-0.05, 0) is 31.2 Å². The van der Waals surface area contributed by atoms with Crippen molar-refractivity contribution in [1.29, 1.82) is 0 Å². The van der Waals surface area contributed by atoms with E-state index in [0.29, 0.717) is 25.6 Å². The Hall–Kier alpha value is -1.55. The summed E-state index contributed by atoms with van der Waals surface area (Å²) in [5, 5.41) is 10.3. The molecule has 3 aliphatic rings. The number of rotatable bonds is 2. The number of benzene rings is 1. The predicted molar refractivity (Wildman–Crippen MR) is 73.5 cm³/mol. The van der Waals surface area contributed by atoms with Crippen LogP contribution >= 0.6 is 0 Å². The molecule has 0 radical (unpaired) electrons. The Balaban J connectivity index is 1.50. The Bertz CT molecular complexity index is 546. The molecule has 0 bridgehead atoms. The fourth-order valence-electron chi connectivity index (χ4n) is 3.47. The highest BCUT2D eigenvalue weighted by Gasteiger charge is 2.54. The molecule has 1 N–H and O–H groups in total. The van der Waals surface area contributed by atoms with Crippen molar-refractivity contribution in [2.24, 2.45) is 5.92 Å². The van der Waals surface area contributed by atoms with Gasteiger partial charge in [0, 0.05) is 5.56 Å². The van der Waals surface area contributed by atoms with Crippen LogP contribution in [0.5, 0.6) is 5.75 Å². The van der Waals surface area contributed by atoms with Crippen molar-refractivity contribution in [2.75, 3.05) is 19.7 Å². The topological polar surface area (TPSA) is 49.8 Å². The zero-order valence-corrected chi connectivity index (χ0v) is 11.4. The van der Waals surface area contributed by atoms with E-state index < -0.39 is 5.60 Å². The Labute approximate surface area is 118 Å². The predicted octanol–water partition coefficient (Wildman–Crippen LogP) is 1.54. The zero-order valence-electron chi connectivity index (χ0n) is 11.4. The van der Waals surface area contributed by atoms with E-state index >= 15 is 0 Å². The first-order valence-electron chi connectivity index (χ1n) is 7.40. The molecule has 0 aromatic heterocycles. The minimum absolute atomic E-state index is 0.108. The second kappa shape index (κ2) is 4.22. The normalized spacial score (nSPS) is 27.2. The molecule has 4 nitrogen and oxygen atoms in total. The molecule has 2 aliphatic heterocycles. The van der Waals surface area contributed by atoms with E-state index in [1.54, 1.807) is 0 Å². The summed E-state index contributed by atoms with van der Waals surface area (Å²) in [7, 11) is 0. The third kappa shape index (κ3) is 1.82. The lowest BCUT2D eigenvalue weighted by Crippen LogP contribution is -2.65. The summed E-state index contributed by atoms with van der Waals surface area (Å²) in [6.45, 7) is 1.61. The highest BCUT2D eigenvalue weighted by atomic mass is 16.5. The maximum atomic E-state index is 12.6. The molecule has 106 valence electrons. The van der Waals surface area contributed by atoms with E-state index in [-0.39, 0.29) is 11.8 Å². The van der Waals surface area contributed by atoms with Crippen molar-refractivity contribution in [3.05, 3.63) is 29.8 Å². The average molecular weight is 273 g/mol. The van der Waals surface area contributed by atoms with Gasteiger partial charge in [-0.25, -0.2) is 0 Å². The molecule has 0 spiro atoms. The first kappa shape index (κ1) is 12.2. The minimum atomic E-state index is -0.597. The molecule has 1 saturated carbocycles. The molecule has 1 aromatic carbocycles. The van der Waals surface area contributed by atoms with Gasteiger partial charge in [-0.2, -0.15) is 0 Å². The van der Waals surface area contributed by atoms with Crippen LogP contribution in [0, 0.1) is 5.92 Å². The smallest absolute Gasteiger partial charge is 0.230 e. The summed E-state index contributed by atoms with van der Waals surface area (Å²) in [6.07, 6.45) is 2.95. The molecular weight excluding hydrogens is 254 g/mol. The Kier molecular flexibility index (Phi) is 2.58. The maximum absolute atomic E-state index is 12.6. The lowest BCUT2D eigenvalue weighted by Gasteiger charge is -2.48. The third-order valence-electron chi connectivity index (χ3n) is 4.83. The van der Waals surface area contributed by atoms with Crippen molar-refractivity contribution in [2.45, 2.75) is 30.8 Å². The van der Waals surface area contributed by atoms with Crippen molar-refractivity contribution in [3.8, 4) is 5.75 Å². The standard InChI is InChI=1S/C16H19NO3/c18-15(17-9-16(19,10-17)11-5-6-11)13-7-8-20-14-4-2-1-3-12(13)14/h1-4,11,13,19H,5-10H2. The average Bonchev–Trinajstić information content (AvgIpc) is 3.27. The molecule has 1 amide bonds. The first-order chi connectivity index (χ1) is 9.67. The Morgan fingerprint density at radius 3 is 2.75 bits per heavy atom. The lowest BCUT2D eigenvalue weighted by molar-refractivity contribution is -0.161. The van der Waals surface area contributed by atoms with Crippen LogP contribution < -0.4 is 4.74 Å². The van der Waals surface area contributed by atoms with Crippen molar-refractivity contribution in [1.82, 2.24) is 4.90 Å². The summed E-state index contributed by atoms with van der Waals surface area (Å²) in [6, 6.07) is 7.78. The van der Waals surface area contributed by atoms with E-state index in [0.717, 1.165) is 30.6 Å². The number of nitrogens with zero attached hydrogens (tertiary/aromatic N) is 1. The number of ether oxygens (including phenoxy) is 1. The van der Waals surface area contributed by atoms with Gasteiger partial charge in [-0.1, -0.05) is 18.2 Å². The van der Waals surface area contributed by atoms with Crippen molar-refractivity contribution >= 4 is 5.91 Å². The van der Waals surface area contributed by atoms with Gasteiger partial charge >= 0.3 is 0 Å². The van der Waals surface area contributed by atoms with Crippen LogP contribution in [-0.4, -0.2) is 41.2 Å². The molecule has 2 heterocycles. The number of likely N-dealkylation sites (tertiary alicyclic amines) is 1. The first-order valence-corrected chi connectivity index (χ1v) is 7.40. The zero-order chi connectivity index (χ0) is 13.7. The van der Waals surface area contributed by atoms with Gasteiger partial charge < -0.3 is 14.7 Å². The molecule has 4 rings (SSSR count). The summed E-state index contributed by atoms with van der Waals surface area (Å²) in [4.78, 5) is 14.4. The monoisotopic (exact) mass is 273 g/mol. The van der Waals surface area contributed by atoms with Gasteiger partial charge in [0.15, 0.2) is 0 Å². The second-order valence-electron chi connectivity index (χ2n) is 6.30. The van der Waals surface area contributed by atoms with Gasteiger partial charge in [0.05, 0.1) is 25.6 Å². The van der Waals surface area contributed by atoms with E-state index in [1.165, 1.54) is 0 Å². The summed E-state index contributed by atoms with van der Waals surface area (Å²) >= 11 is 0. The summed E-state index contributed by atoms with van der Waals surface area (Å²) in [5.74, 6) is 1.29. The number of fused-ring (bicyclic) bond motifs is 1. The molecule has 1 aliphatic carbocycles. The third-order valence-corrected chi connectivity index (χ3v) is 4.83. The second-order valence-corrected chi connectivity index (χ2v) is 6.30. The van der Waals surface area contributed by atoms with E-state index in [4.69, 9.17) is 4.74 Å². The fourth-order valence-corrected chi connectivity index (χ4v) is 3.47. The number of amides is 1. The largest absolute Gasteiger partial charge is 0.493 e. The van der Waals surface area contributed by atoms with Gasteiger partial charge in [-0.15, -0.1) is 0 Å². The number of carbonyl (C=O) groups is 1. The van der Waals surface area contributed by atoms with E-state index in [2.05, 4.69) is 0 Å². The number of hydrogen-bond acceptors (Lipinski definition) is 3. The van der Waals surface area contributed by atoms with Crippen LogP contribution in [-0.2, 0) is 4.79 Å². The Morgan fingerprint density at radius 2 is 2.00 bits per heavy atom. The van der Waals surface area contributed by atoms with Crippen molar-refractivity contribution in [3.63, 3.8) is 0 Å². The molecular formula is C16H19NO3. The number of carbonyl (C=O) groups excluding carboxylic acids is 1. The van der Waals surface area contributed by atoms with Gasteiger partial charge in [0.2, 0.25) is 5.91 Å². The minimum Gasteiger partial charge on any atom is -0.493 e. The van der Waals surface area contributed by atoms with Crippen LogP contribution in [0.25, 0.3) is 0 Å². The van der Waals surface area contributed by atoms with Crippen LogP contribution in [0.3, 0.4) is 0 Å². The fraction of sp³-hybridized carbons (Fsp3) is 0.562. The van der Waals surface area contributed by atoms with E-state index in [1.807, 2.05) is 29.2 Å². The van der Waals surface area contributed by atoms with Crippen LogP contribution in [0.15, 0.2) is 24.3 Å². The molecule has 1 saturated heterocycles. The molecule has 1 atom stereocenters. The molecule has 2 fully saturated rings. The van der Waals surface area contributed by atoms with Gasteiger partial charge in [0.25, 0.3) is 0 Å². The van der Waals surface area contributed by atoms with Gasteiger partial charge in [-0.3, -0.25) is 4.79 Å². The quantitative estimate of drug-likeness (QED) is 0.889. The SMILES string of the molecule is O=C(C1CCOc2ccccc21)N1CC(O)(C2CC2)C1. The summed E-state index contributed by atoms with van der Waals surface area (Å²) in [5.41, 5.74) is 0.394. The molecule has 1 aromatic rings. The number of aliphatic hydroxyl groups is 1. The van der Waals surface area contributed by atoms with Crippen LogP contribution in [0.2, 0.25) is 0 Å². The van der Waals surface area contributed by atoms with Gasteiger partial charge in [0.1, 0.15) is 11.4 Å². The number of β-amino-alcohol motifs (C(OH)–C–C–N with tert-alkyl or cyclic N) is 1. The Morgan fingerprint density at radius 1 is 1.25 bits per heavy atom. The molecule has 1 unspecified atom stereocenters. The van der Waals surface area contributed by atoms with Crippen molar-refractivity contribution < 1.29 is 14.6 Å². The van der Waals surface area contributed by atoms with Crippen LogP contribution in [0.1, 0.15) is 30.7 Å². The molecule has 20 heavy (non-hydrogen) atoms. The van der Waals surface area contributed by atoms with E-state index in [9.17, 15) is 9.90 Å². The summed E-state index contributed by atoms with van der Waals surface area (Å²) < 4.78 is 5.60. The maximum Gasteiger partial charge on any atom is 0.230 e.